The Balaban J connectivity index is 2.46. The monoisotopic (exact) mass is 381 g/mol. The second kappa shape index (κ2) is 9.19. The van der Waals surface area contributed by atoms with Crippen LogP contribution in [0.15, 0.2) is 54.5 Å². The van der Waals surface area contributed by atoms with Crippen molar-refractivity contribution >= 4 is 34.1 Å². The molecule has 0 spiro atoms. The highest BCUT2D eigenvalue weighted by Gasteiger charge is 2.14. The minimum atomic E-state index is -0.955. The smallest absolute Gasteiger partial charge is 0.335 e. The highest BCUT2D eigenvalue weighted by atomic mass is 32.2. The average Bonchev–Trinajstić information content (AvgIpc) is 2.62. The lowest BCUT2D eigenvalue weighted by Crippen LogP contribution is -2.07. The minimum absolute atomic E-state index is 0.237. The molecule has 0 saturated heterocycles. The predicted octanol–water partition coefficient (Wildman–Crippen LogP) is 5.58. The number of aromatic carboxylic acids is 1. The normalized spacial score (nSPS) is 11.1. The summed E-state index contributed by atoms with van der Waals surface area (Å²) in [6.45, 7) is 13.6. The van der Waals surface area contributed by atoms with Crippen molar-refractivity contribution < 1.29 is 9.90 Å². The van der Waals surface area contributed by atoms with Crippen LogP contribution in [0, 0.1) is 6.92 Å². The number of allylic oxidation sites excluding steroid dienone is 3. The Kier molecular flexibility index (Phi) is 6.96. The van der Waals surface area contributed by atoms with E-state index in [0.29, 0.717) is 18.1 Å². The number of nitrogens with zero attached hydrogens (tertiary/aromatic N) is 2. The lowest BCUT2D eigenvalue weighted by Gasteiger charge is -2.15. The molecule has 0 saturated carbocycles. The number of carbonyl (C=O) groups is 1. The van der Waals surface area contributed by atoms with Crippen LogP contribution in [0.1, 0.15) is 41.3 Å². The van der Waals surface area contributed by atoms with Gasteiger partial charge in [-0.1, -0.05) is 30.5 Å². The van der Waals surface area contributed by atoms with E-state index >= 15 is 0 Å². The zero-order valence-corrected chi connectivity index (χ0v) is 16.6. The highest BCUT2D eigenvalue weighted by Crippen LogP contribution is 2.32. The molecule has 0 unspecified atom stereocenters. The molecule has 1 aromatic carbocycles. The van der Waals surface area contributed by atoms with Gasteiger partial charge in [0.1, 0.15) is 5.82 Å². The Hall–Kier alpha value is -2.86. The maximum atomic E-state index is 11.0. The molecule has 0 radical (unpaired) electrons. The third kappa shape index (κ3) is 5.31. The molecule has 0 bridgehead atoms. The molecule has 27 heavy (non-hydrogen) atoms. The van der Waals surface area contributed by atoms with Crippen molar-refractivity contribution in [3.8, 4) is 0 Å². The molecule has 0 fully saturated rings. The van der Waals surface area contributed by atoms with E-state index in [4.69, 9.17) is 10.1 Å². The Morgan fingerprint density at radius 2 is 1.96 bits per heavy atom. The molecule has 1 heterocycles. The number of hydrogen-bond acceptors (Lipinski definition) is 5. The van der Waals surface area contributed by atoms with Gasteiger partial charge in [-0.25, -0.2) is 14.8 Å². The summed E-state index contributed by atoms with van der Waals surface area (Å²) in [7, 11) is 0. The number of aryl methyl sites for hydroxylation is 1. The highest BCUT2D eigenvalue weighted by molar-refractivity contribution is 8.11. The Morgan fingerprint density at radius 3 is 2.48 bits per heavy atom. The largest absolute Gasteiger partial charge is 0.478 e. The second-order valence-corrected chi connectivity index (χ2v) is 7.26. The quantitative estimate of drug-likeness (QED) is 0.581. The first-order chi connectivity index (χ1) is 12.8. The number of anilines is 2. The summed E-state index contributed by atoms with van der Waals surface area (Å²) < 4.78 is 0. The van der Waals surface area contributed by atoms with Crippen molar-refractivity contribution in [2.45, 2.75) is 27.2 Å². The van der Waals surface area contributed by atoms with Gasteiger partial charge in [-0.05, 0) is 56.4 Å². The number of hydrogen-bond donors (Lipinski definition) is 2. The lowest BCUT2D eigenvalue weighted by molar-refractivity contribution is 0.0697. The van der Waals surface area contributed by atoms with Crippen LogP contribution in [0.5, 0.6) is 0 Å². The maximum Gasteiger partial charge on any atom is 0.335 e. The summed E-state index contributed by atoms with van der Waals surface area (Å²) in [6.07, 6.45) is 4.40. The van der Waals surface area contributed by atoms with E-state index in [2.05, 4.69) is 23.5 Å². The minimum Gasteiger partial charge on any atom is -0.478 e. The van der Waals surface area contributed by atoms with Crippen LogP contribution in [0.2, 0.25) is 0 Å². The summed E-state index contributed by atoms with van der Waals surface area (Å²) in [4.78, 5) is 22.3. The van der Waals surface area contributed by atoms with Crippen molar-refractivity contribution in [1.29, 1.82) is 0 Å². The van der Waals surface area contributed by atoms with Crippen LogP contribution in [0.25, 0.3) is 4.91 Å². The Labute approximate surface area is 164 Å². The molecule has 0 atom stereocenters. The van der Waals surface area contributed by atoms with Crippen LogP contribution >= 0.6 is 11.8 Å². The zero-order chi connectivity index (χ0) is 20.0. The molecule has 5 nitrogen and oxygen atoms in total. The SMILES string of the molecule is C=CCc1c(C)nc(/C(=C/C)SC(=C)C)nc1Nc1ccc(C(=O)O)cc1. The fourth-order valence-corrected chi connectivity index (χ4v) is 3.13. The summed E-state index contributed by atoms with van der Waals surface area (Å²) in [5.41, 5.74) is 2.81. The van der Waals surface area contributed by atoms with Gasteiger partial charge in [0.05, 0.1) is 10.5 Å². The molecule has 0 amide bonds. The van der Waals surface area contributed by atoms with Gasteiger partial charge >= 0.3 is 5.97 Å². The molecule has 2 rings (SSSR count). The number of carboxylic acid groups (broad SMARTS) is 1. The number of thioether (sulfide) groups is 1. The van der Waals surface area contributed by atoms with Crippen molar-refractivity contribution in [2.75, 3.05) is 5.32 Å². The molecule has 0 aliphatic rings. The number of rotatable bonds is 8. The molecule has 0 aliphatic heterocycles. The number of carboxylic acids is 1. The molecule has 0 aliphatic carbocycles. The topological polar surface area (TPSA) is 75.1 Å². The fraction of sp³-hybridized carbons (Fsp3) is 0.190. The van der Waals surface area contributed by atoms with Crippen LogP contribution < -0.4 is 5.32 Å². The van der Waals surface area contributed by atoms with Gasteiger partial charge < -0.3 is 10.4 Å². The van der Waals surface area contributed by atoms with E-state index in [0.717, 1.165) is 26.8 Å². The number of nitrogens with one attached hydrogen (secondary N) is 1. The molecular weight excluding hydrogens is 358 g/mol. The van der Waals surface area contributed by atoms with E-state index in [1.165, 1.54) is 11.8 Å². The van der Waals surface area contributed by atoms with E-state index in [-0.39, 0.29) is 5.56 Å². The summed E-state index contributed by atoms with van der Waals surface area (Å²) in [5.74, 6) is 0.353. The zero-order valence-electron chi connectivity index (χ0n) is 15.7. The summed E-state index contributed by atoms with van der Waals surface area (Å²) >= 11 is 1.53. The lowest BCUT2D eigenvalue weighted by atomic mass is 10.1. The van der Waals surface area contributed by atoms with E-state index in [9.17, 15) is 4.79 Å². The van der Waals surface area contributed by atoms with Gasteiger partial charge in [0.15, 0.2) is 5.82 Å². The van der Waals surface area contributed by atoms with E-state index in [1.54, 1.807) is 24.3 Å². The van der Waals surface area contributed by atoms with Gasteiger partial charge in [0.2, 0.25) is 0 Å². The Morgan fingerprint density at radius 1 is 1.30 bits per heavy atom. The standard InChI is InChI=1S/C21H23N3O2S/c1-6-8-17-14(5)22-20(18(7-2)27-13(3)4)24-19(17)23-16-11-9-15(10-12-16)21(25)26/h6-7,9-12H,1,3,8H2,2,4-5H3,(H,25,26)(H,22,23,24)/b18-7-. The van der Waals surface area contributed by atoms with Gasteiger partial charge in [-0.2, -0.15) is 0 Å². The predicted molar refractivity (Wildman–Crippen MR) is 113 cm³/mol. The van der Waals surface area contributed by atoms with Crippen LogP contribution in [-0.2, 0) is 6.42 Å². The van der Waals surface area contributed by atoms with Crippen molar-refractivity contribution in [2.24, 2.45) is 0 Å². The van der Waals surface area contributed by atoms with Gasteiger partial charge in [-0.15, -0.1) is 6.58 Å². The average molecular weight is 382 g/mol. The van der Waals surface area contributed by atoms with Crippen molar-refractivity contribution in [3.63, 3.8) is 0 Å². The molecule has 2 N–H and O–H groups in total. The fourth-order valence-electron chi connectivity index (χ4n) is 2.45. The molecular formula is C21H23N3O2S. The van der Waals surface area contributed by atoms with Crippen molar-refractivity contribution in [1.82, 2.24) is 9.97 Å². The van der Waals surface area contributed by atoms with Gasteiger partial charge in [-0.3, -0.25) is 0 Å². The second-order valence-electron chi connectivity index (χ2n) is 5.92. The van der Waals surface area contributed by atoms with Gasteiger partial charge in [0.25, 0.3) is 0 Å². The molecule has 1 aromatic heterocycles. The third-order valence-corrected chi connectivity index (χ3v) is 4.71. The van der Waals surface area contributed by atoms with Gasteiger partial charge in [0, 0.05) is 16.9 Å². The number of benzene rings is 1. The van der Waals surface area contributed by atoms with Crippen molar-refractivity contribution in [3.05, 3.63) is 77.1 Å². The maximum absolute atomic E-state index is 11.0. The van der Waals surface area contributed by atoms with Crippen LogP contribution in [0.3, 0.4) is 0 Å². The van der Waals surface area contributed by atoms with E-state index in [1.807, 2.05) is 32.9 Å². The van der Waals surface area contributed by atoms with Crippen LogP contribution in [-0.4, -0.2) is 21.0 Å². The third-order valence-electron chi connectivity index (χ3n) is 3.72. The first-order valence-electron chi connectivity index (χ1n) is 8.44. The first kappa shape index (κ1) is 20.5. The molecule has 6 heteroatoms. The molecule has 2 aromatic rings. The Bertz CT molecular complexity index is 902. The first-order valence-corrected chi connectivity index (χ1v) is 9.26. The number of aromatic nitrogens is 2. The summed E-state index contributed by atoms with van der Waals surface area (Å²) in [5, 5.41) is 12.3. The summed E-state index contributed by atoms with van der Waals surface area (Å²) in [6, 6.07) is 6.55. The van der Waals surface area contributed by atoms with E-state index < -0.39 is 5.97 Å². The molecule has 140 valence electrons. The van der Waals surface area contributed by atoms with Crippen LogP contribution in [0.4, 0.5) is 11.5 Å².